The van der Waals surface area contributed by atoms with Crippen molar-refractivity contribution in [2.24, 2.45) is 0 Å². The third-order valence-electron chi connectivity index (χ3n) is 10.5. The molecule has 327 valence electrons. The number of rotatable bonds is 8. The minimum atomic E-state index is -4.55. The molecule has 0 atom stereocenters. The minimum Gasteiger partial charge on any atom is -0.354 e. The van der Waals surface area contributed by atoms with Gasteiger partial charge in [0.05, 0.1) is 42.4 Å². The number of hydrogen-bond acceptors (Lipinski definition) is 10. The first-order valence-electron chi connectivity index (χ1n) is 18.7. The predicted octanol–water partition coefficient (Wildman–Crippen LogP) is 8.31. The second-order valence-corrected chi connectivity index (χ2v) is 20.2. The van der Waals surface area contributed by atoms with Gasteiger partial charge in [0, 0.05) is 44.3 Å². The topological polar surface area (TPSA) is 275 Å². The maximum Gasteiger partial charge on any atom is 3.00 e. The number of benzene rings is 4. The van der Waals surface area contributed by atoms with E-state index in [2.05, 4.69) is 9.97 Å². The van der Waals surface area contributed by atoms with E-state index in [1.165, 1.54) is 97.1 Å². The molecule has 16 nitrogen and oxygen atoms in total. The van der Waals surface area contributed by atoms with Crippen molar-refractivity contribution in [2.45, 2.75) is 19.6 Å². The number of aromatic amines is 2. The molecule has 0 fully saturated rings. The van der Waals surface area contributed by atoms with Crippen molar-refractivity contribution in [3.05, 3.63) is 144 Å². The van der Waals surface area contributed by atoms with Crippen molar-refractivity contribution in [3.63, 3.8) is 0 Å². The first-order valence-corrected chi connectivity index (χ1v) is 24.5. The number of fused-ring (bicyclic) bond motifs is 8. The fourth-order valence-corrected chi connectivity index (χ4v) is 9.51. The molecule has 0 saturated heterocycles. The van der Waals surface area contributed by atoms with Crippen molar-refractivity contribution in [2.75, 3.05) is 0 Å². The number of nitrogens with zero attached hydrogens (tertiary/aromatic N) is 2. The van der Waals surface area contributed by atoms with E-state index in [-0.39, 0.29) is 36.7 Å². The molecule has 3 aromatic heterocycles. The Morgan fingerprint density at radius 1 is 0.308 bits per heavy atom. The average Bonchev–Trinajstić information content (AvgIpc) is 4.08. The van der Waals surface area contributed by atoms with Gasteiger partial charge in [-0.25, -0.2) is 9.97 Å². The molecule has 2 aliphatic heterocycles. The molecule has 21 heteroatoms. The van der Waals surface area contributed by atoms with Crippen molar-refractivity contribution in [3.8, 4) is 44.5 Å². The molecular weight excluding hydrogens is 961 g/mol. The summed E-state index contributed by atoms with van der Waals surface area (Å²) in [6.07, 6.45) is 6.88. The number of aromatic nitrogens is 4. The SMILES string of the molecule is O=S(=O)(O)c1ccc(-c2c3nc(c(-c4ccc(S(=O)(=O)O)cc4)c4ccc([nH]4)c(-c4ccc(S(=O)(=O)O)cc4)c4ccc([nH]4)c(-c4ccc(S(=O)(=O)O)cc4)c4nc2C=C4)C=C3)cc1.[Fe+3]. The Balaban J connectivity index is 0.00000576. The fraction of sp³-hybridized carbons (Fsp3) is 0. The zero-order valence-corrected chi connectivity index (χ0v) is 37.2. The van der Waals surface area contributed by atoms with Gasteiger partial charge in [0.2, 0.25) is 0 Å². The van der Waals surface area contributed by atoms with Gasteiger partial charge in [0.15, 0.2) is 0 Å². The third-order valence-corrected chi connectivity index (χ3v) is 14.0. The predicted molar refractivity (Wildman–Crippen MR) is 240 cm³/mol. The first-order chi connectivity index (χ1) is 30.2. The molecule has 4 aromatic carbocycles. The molecule has 7 aromatic rings. The van der Waals surface area contributed by atoms with Gasteiger partial charge in [-0.1, -0.05) is 48.5 Å². The Morgan fingerprint density at radius 2 is 0.523 bits per heavy atom. The molecule has 0 saturated carbocycles. The van der Waals surface area contributed by atoms with Crippen LogP contribution in [0.25, 0.3) is 90.9 Å². The third kappa shape index (κ3) is 8.89. The van der Waals surface area contributed by atoms with Crippen LogP contribution in [0.4, 0.5) is 0 Å². The van der Waals surface area contributed by atoms with E-state index in [1.807, 2.05) is 0 Å². The minimum absolute atomic E-state index is 0. The maximum atomic E-state index is 12.0. The molecule has 9 rings (SSSR count). The van der Waals surface area contributed by atoms with Gasteiger partial charge in [-0.2, -0.15) is 33.7 Å². The van der Waals surface area contributed by atoms with Crippen LogP contribution in [0.5, 0.6) is 0 Å². The average molecular weight is 991 g/mol. The standard InChI is InChI=1S/C44H30N4O12S4.Fe/c49-61(50,51)29-9-1-25(2-10-29)41-33-17-19-35(45-33)42(26-3-11-30(12-4-26)62(52,53)54)37-21-23-39(47-37)44(28-7-15-32(16-8-28)64(58,59)60)40-24-22-38(48-40)43(36-20-18-34(41)46-36)27-5-13-31(14-6-27)63(55,56)57;/h1-24,45-46H,(H,49,50,51)(H,52,53,54)(H,55,56,57)(H,58,59,60);/q;+3. The maximum absolute atomic E-state index is 12.0. The van der Waals surface area contributed by atoms with E-state index >= 15 is 0 Å². The quantitative estimate of drug-likeness (QED) is 0.0617. The summed E-state index contributed by atoms with van der Waals surface area (Å²) in [5.41, 5.74) is 7.41. The Kier molecular flexibility index (Phi) is 11.5. The Morgan fingerprint density at radius 3 is 0.785 bits per heavy atom. The number of H-pyrrole nitrogens is 2. The monoisotopic (exact) mass is 990 g/mol. The van der Waals surface area contributed by atoms with Crippen LogP contribution in [0, 0.1) is 0 Å². The van der Waals surface area contributed by atoms with E-state index in [0.717, 1.165) is 0 Å². The van der Waals surface area contributed by atoms with Gasteiger partial charge in [0.25, 0.3) is 40.5 Å². The molecule has 8 bridgehead atoms. The molecule has 0 unspecified atom stereocenters. The summed E-state index contributed by atoms with van der Waals surface area (Å²) in [5.74, 6) is 0. The van der Waals surface area contributed by atoms with Gasteiger partial charge >= 0.3 is 17.1 Å². The molecule has 6 N–H and O–H groups in total. The number of hydrogen-bond donors (Lipinski definition) is 6. The van der Waals surface area contributed by atoms with Crippen LogP contribution in [0.1, 0.15) is 22.8 Å². The van der Waals surface area contributed by atoms with Crippen molar-refractivity contribution >= 4 is 86.8 Å². The van der Waals surface area contributed by atoms with E-state index in [0.29, 0.717) is 89.4 Å². The normalized spacial score (nSPS) is 12.9. The van der Waals surface area contributed by atoms with Gasteiger partial charge in [0.1, 0.15) is 0 Å². The van der Waals surface area contributed by atoms with E-state index in [1.54, 1.807) is 48.6 Å². The van der Waals surface area contributed by atoms with Gasteiger partial charge in [-0.15, -0.1) is 0 Å². The molecule has 65 heavy (non-hydrogen) atoms. The zero-order chi connectivity index (χ0) is 45.3. The summed E-state index contributed by atoms with van der Waals surface area (Å²) < 4.78 is 135. The molecule has 1 radical (unpaired) electrons. The van der Waals surface area contributed by atoms with Crippen LogP contribution in [0.2, 0.25) is 0 Å². The molecule has 0 amide bonds. The summed E-state index contributed by atoms with van der Waals surface area (Å²) in [7, 11) is -18.2. The molecule has 2 aliphatic rings. The van der Waals surface area contributed by atoms with E-state index < -0.39 is 40.5 Å². The van der Waals surface area contributed by atoms with E-state index in [9.17, 15) is 51.9 Å². The summed E-state index contributed by atoms with van der Waals surface area (Å²) in [6.45, 7) is 0. The second kappa shape index (κ2) is 16.6. The van der Waals surface area contributed by atoms with Crippen molar-refractivity contribution < 1.29 is 69.0 Å². The Hall–Kier alpha value is -6.36. The Labute approximate surface area is 381 Å². The molecule has 0 aliphatic carbocycles. The largest absolute Gasteiger partial charge is 3.00 e. The summed E-state index contributed by atoms with van der Waals surface area (Å²) in [4.78, 5) is 15.6. The van der Waals surface area contributed by atoms with Crippen LogP contribution in [0.3, 0.4) is 0 Å². The van der Waals surface area contributed by atoms with Gasteiger partial charge in [-0.3, -0.25) is 18.2 Å². The number of nitrogens with one attached hydrogen (secondary N) is 2. The second-order valence-electron chi connectivity index (χ2n) is 14.5. The van der Waals surface area contributed by atoms with Gasteiger partial charge in [-0.05, 0) is 119 Å². The first kappa shape index (κ1) is 45.2. The molecule has 5 heterocycles. The smallest absolute Gasteiger partial charge is 0.354 e. The summed E-state index contributed by atoms with van der Waals surface area (Å²) in [5, 5.41) is 0. The van der Waals surface area contributed by atoms with Crippen LogP contribution in [0.15, 0.2) is 141 Å². The molecular formula is C44H30FeN4O12S4+3. The Bertz CT molecular complexity index is 3620. The molecule has 0 spiro atoms. The van der Waals surface area contributed by atoms with Crippen LogP contribution < -0.4 is 0 Å². The van der Waals surface area contributed by atoms with Gasteiger partial charge < -0.3 is 9.97 Å². The van der Waals surface area contributed by atoms with Crippen LogP contribution >= 0.6 is 0 Å². The van der Waals surface area contributed by atoms with Crippen molar-refractivity contribution in [1.29, 1.82) is 0 Å². The summed E-state index contributed by atoms with van der Waals surface area (Å²) in [6, 6.07) is 29.1. The fourth-order valence-electron chi connectivity index (χ4n) is 7.59. The van der Waals surface area contributed by atoms with Crippen LogP contribution in [-0.4, -0.2) is 71.8 Å². The zero-order valence-electron chi connectivity index (χ0n) is 32.8. The summed E-state index contributed by atoms with van der Waals surface area (Å²) >= 11 is 0. The van der Waals surface area contributed by atoms with Crippen molar-refractivity contribution in [1.82, 2.24) is 19.9 Å². The van der Waals surface area contributed by atoms with Crippen LogP contribution in [-0.2, 0) is 57.5 Å². The van der Waals surface area contributed by atoms with E-state index in [4.69, 9.17) is 9.97 Å².